The van der Waals surface area contributed by atoms with Crippen LogP contribution >= 0.6 is 0 Å². The van der Waals surface area contributed by atoms with Crippen LogP contribution in [0.3, 0.4) is 0 Å². The summed E-state index contributed by atoms with van der Waals surface area (Å²) in [5, 5.41) is 2.41. The number of benzene rings is 2. The molecule has 5 heteroatoms. The zero-order chi connectivity index (χ0) is 14.7. The molecule has 0 saturated carbocycles. The van der Waals surface area contributed by atoms with Gasteiger partial charge in [-0.15, -0.1) is 0 Å². The fourth-order valence-electron chi connectivity index (χ4n) is 1.92. The van der Waals surface area contributed by atoms with Gasteiger partial charge >= 0.3 is 0 Å². The molecule has 20 heavy (non-hydrogen) atoms. The molecule has 0 aliphatic rings. The average molecular weight is 279 g/mol. The molecule has 0 fully saturated rings. The monoisotopic (exact) mass is 279 g/mol. The zero-order valence-electron chi connectivity index (χ0n) is 10.7. The van der Waals surface area contributed by atoms with E-state index in [0.717, 1.165) is 12.1 Å². The first-order valence-electron chi connectivity index (χ1n) is 5.95. The van der Waals surface area contributed by atoms with Crippen molar-refractivity contribution < 1.29 is 18.0 Å². The Kier molecular flexibility index (Phi) is 4.08. The Morgan fingerprint density at radius 1 is 1.10 bits per heavy atom. The number of carbonyl (C=O) groups is 1. The first-order chi connectivity index (χ1) is 9.51. The fourth-order valence-corrected chi connectivity index (χ4v) is 1.92. The molecule has 0 bridgehead atoms. The van der Waals surface area contributed by atoms with E-state index < -0.39 is 17.5 Å². The van der Waals surface area contributed by atoms with Crippen LogP contribution in [0, 0.1) is 17.5 Å². The predicted octanol–water partition coefficient (Wildman–Crippen LogP) is 3.06. The molecule has 104 valence electrons. The molecular weight excluding hydrogens is 267 g/mol. The third-order valence-electron chi connectivity index (χ3n) is 2.91. The third-order valence-corrected chi connectivity index (χ3v) is 2.91. The Morgan fingerprint density at radius 3 is 2.45 bits per heavy atom. The number of halogens is 3. The summed E-state index contributed by atoms with van der Waals surface area (Å²) in [5.74, 6) is -2.90. The topological polar surface area (TPSA) is 29.1 Å². The molecule has 2 aromatic carbocycles. The summed E-state index contributed by atoms with van der Waals surface area (Å²) in [4.78, 5) is 11.4. The molecule has 0 heterocycles. The van der Waals surface area contributed by atoms with E-state index in [9.17, 15) is 18.0 Å². The van der Waals surface area contributed by atoms with Crippen LogP contribution in [0.15, 0.2) is 36.4 Å². The summed E-state index contributed by atoms with van der Waals surface area (Å²) in [6.45, 7) is 0. The van der Waals surface area contributed by atoms with E-state index in [1.807, 2.05) is 0 Å². The van der Waals surface area contributed by atoms with Gasteiger partial charge in [-0.3, -0.25) is 4.79 Å². The summed E-state index contributed by atoms with van der Waals surface area (Å²) in [6.07, 6.45) is -0.112. The van der Waals surface area contributed by atoms with E-state index in [1.165, 1.54) is 25.2 Å². The van der Waals surface area contributed by atoms with Gasteiger partial charge < -0.3 is 5.32 Å². The second-order valence-electron chi connectivity index (χ2n) is 4.28. The summed E-state index contributed by atoms with van der Waals surface area (Å²) < 4.78 is 40.0. The number of nitrogens with one attached hydrogen (secondary N) is 1. The van der Waals surface area contributed by atoms with Gasteiger partial charge in [-0.05, 0) is 41.0 Å². The number of hydrogen-bond acceptors (Lipinski definition) is 1. The molecule has 2 nitrogen and oxygen atoms in total. The number of hydrogen-bond donors (Lipinski definition) is 1. The highest BCUT2D eigenvalue weighted by Crippen LogP contribution is 2.27. The second kappa shape index (κ2) is 5.77. The van der Waals surface area contributed by atoms with Gasteiger partial charge in [-0.2, -0.15) is 0 Å². The van der Waals surface area contributed by atoms with Crippen molar-refractivity contribution in [3.05, 3.63) is 59.4 Å². The molecule has 0 spiro atoms. The van der Waals surface area contributed by atoms with E-state index in [0.29, 0.717) is 16.7 Å². The zero-order valence-corrected chi connectivity index (χ0v) is 10.7. The number of likely N-dealkylation sites (N-methyl/N-ethyl adjacent to an activating group) is 1. The maximum atomic E-state index is 13.4. The van der Waals surface area contributed by atoms with Crippen LogP contribution in [0.5, 0.6) is 0 Å². The molecule has 1 N–H and O–H groups in total. The lowest BCUT2D eigenvalue weighted by Gasteiger charge is -2.10. The lowest BCUT2D eigenvalue weighted by molar-refractivity contribution is -0.119. The lowest BCUT2D eigenvalue weighted by atomic mass is 9.97. The maximum absolute atomic E-state index is 13.4. The summed E-state index contributed by atoms with van der Waals surface area (Å²) >= 11 is 0. The van der Waals surface area contributed by atoms with Crippen molar-refractivity contribution in [1.29, 1.82) is 0 Å². The molecule has 2 aromatic rings. The Bertz CT molecular complexity index is 656. The smallest absolute Gasteiger partial charge is 0.224 e. The van der Waals surface area contributed by atoms with Crippen molar-refractivity contribution in [3.63, 3.8) is 0 Å². The SMILES string of the molecule is CNC(=O)Cc1cc(F)c(F)cc1-c1cccc(F)c1. The van der Waals surface area contributed by atoms with Crippen LogP contribution in [0.25, 0.3) is 11.1 Å². The van der Waals surface area contributed by atoms with Crippen molar-refractivity contribution in [2.75, 3.05) is 7.05 Å². The van der Waals surface area contributed by atoms with E-state index in [-0.39, 0.29) is 12.3 Å². The quantitative estimate of drug-likeness (QED) is 0.919. The van der Waals surface area contributed by atoms with E-state index in [2.05, 4.69) is 5.32 Å². The standard InChI is InChI=1S/C15H12F3NO/c1-19-15(20)7-10-6-13(17)14(18)8-12(10)9-3-2-4-11(16)5-9/h2-6,8H,7H2,1H3,(H,19,20). The van der Waals surface area contributed by atoms with Gasteiger partial charge in [0.05, 0.1) is 6.42 Å². The first-order valence-corrected chi connectivity index (χ1v) is 5.95. The Labute approximate surface area is 114 Å². The minimum absolute atomic E-state index is 0.112. The van der Waals surface area contributed by atoms with Crippen LogP contribution in [-0.2, 0) is 11.2 Å². The first kappa shape index (κ1) is 14.1. The van der Waals surface area contributed by atoms with Crippen LogP contribution in [0.2, 0.25) is 0 Å². The molecule has 0 aliphatic carbocycles. The number of carbonyl (C=O) groups excluding carboxylic acids is 1. The highest BCUT2D eigenvalue weighted by Gasteiger charge is 2.14. The van der Waals surface area contributed by atoms with Gasteiger partial charge in [-0.1, -0.05) is 12.1 Å². The van der Waals surface area contributed by atoms with Gasteiger partial charge in [0.25, 0.3) is 0 Å². The van der Waals surface area contributed by atoms with E-state index in [1.54, 1.807) is 6.07 Å². The normalized spacial score (nSPS) is 10.4. The summed E-state index contributed by atoms with van der Waals surface area (Å²) in [5.41, 5.74) is 0.989. The maximum Gasteiger partial charge on any atom is 0.224 e. The molecule has 0 unspecified atom stereocenters. The molecule has 0 radical (unpaired) electrons. The molecule has 0 aromatic heterocycles. The largest absolute Gasteiger partial charge is 0.359 e. The summed E-state index contributed by atoms with van der Waals surface area (Å²) in [7, 11) is 1.45. The van der Waals surface area contributed by atoms with Gasteiger partial charge in [0.1, 0.15) is 5.82 Å². The van der Waals surface area contributed by atoms with Crippen molar-refractivity contribution in [1.82, 2.24) is 5.32 Å². The molecule has 0 atom stereocenters. The highest BCUT2D eigenvalue weighted by atomic mass is 19.2. The minimum atomic E-state index is -1.04. The van der Waals surface area contributed by atoms with Gasteiger partial charge in [0, 0.05) is 7.05 Å². The Hall–Kier alpha value is -2.30. The van der Waals surface area contributed by atoms with Crippen LogP contribution in [0.4, 0.5) is 13.2 Å². The Balaban J connectivity index is 2.55. The highest BCUT2D eigenvalue weighted by molar-refractivity contribution is 5.81. The second-order valence-corrected chi connectivity index (χ2v) is 4.28. The van der Waals surface area contributed by atoms with E-state index in [4.69, 9.17) is 0 Å². The van der Waals surface area contributed by atoms with E-state index >= 15 is 0 Å². The van der Waals surface area contributed by atoms with Crippen LogP contribution < -0.4 is 5.32 Å². The molecule has 1 amide bonds. The molecule has 0 aliphatic heterocycles. The average Bonchev–Trinajstić information content (AvgIpc) is 2.42. The number of amides is 1. The fraction of sp³-hybridized carbons (Fsp3) is 0.133. The molecule has 0 saturated heterocycles. The third kappa shape index (κ3) is 2.99. The minimum Gasteiger partial charge on any atom is -0.359 e. The lowest BCUT2D eigenvalue weighted by Crippen LogP contribution is -2.20. The van der Waals surface area contributed by atoms with Crippen LogP contribution in [-0.4, -0.2) is 13.0 Å². The molecular formula is C15H12F3NO. The van der Waals surface area contributed by atoms with Crippen molar-refractivity contribution >= 4 is 5.91 Å². The predicted molar refractivity (Wildman–Crippen MR) is 69.5 cm³/mol. The van der Waals surface area contributed by atoms with Crippen LogP contribution in [0.1, 0.15) is 5.56 Å². The molecule has 2 rings (SSSR count). The Morgan fingerprint density at radius 2 is 1.80 bits per heavy atom. The number of rotatable bonds is 3. The van der Waals surface area contributed by atoms with Gasteiger partial charge in [-0.25, -0.2) is 13.2 Å². The van der Waals surface area contributed by atoms with Crippen molar-refractivity contribution in [2.24, 2.45) is 0 Å². The summed E-state index contributed by atoms with van der Waals surface area (Å²) in [6, 6.07) is 7.44. The van der Waals surface area contributed by atoms with Crippen molar-refractivity contribution in [2.45, 2.75) is 6.42 Å². The van der Waals surface area contributed by atoms with Gasteiger partial charge in [0.15, 0.2) is 11.6 Å². The van der Waals surface area contributed by atoms with Gasteiger partial charge in [0.2, 0.25) is 5.91 Å². The van der Waals surface area contributed by atoms with Crippen molar-refractivity contribution in [3.8, 4) is 11.1 Å².